The summed E-state index contributed by atoms with van der Waals surface area (Å²) in [6.45, 7) is 3.61. The molecule has 1 aliphatic carbocycles. The van der Waals surface area contributed by atoms with Gasteiger partial charge in [-0.05, 0) is 43.7 Å². The minimum Gasteiger partial charge on any atom is -0.484 e. The van der Waals surface area contributed by atoms with Crippen molar-refractivity contribution in [2.75, 3.05) is 19.6 Å². The maximum atomic E-state index is 15.7. The van der Waals surface area contributed by atoms with Crippen molar-refractivity contribution < 1.29 is 37.4 Å². The van der Waals surface area contributed by atoms with E-state index in [0.717, 1.165) is 10.7 Å². The van der Waals surface area contributed by atoms with Gasteiger partial charge in [0.05, 0.1) is 17.4 Å². The second kappa shape index (κ2) is 12.0. The predicted molar refractivity (Wildman–Crippen MR) is 148 cm³/mol. The van der Waals surface area contributed by atoms with Crippen LogP contribution in [0.5, 0.6) is 5.75 Å². The molecule has 1 saturated heterocycles. The van der Waals surface area contributed by atoms with Gasteiger partial charge in [-0.2, -0.15) is 0 Å². The lowest BCUT2D eigenvalue weighted by Gasteiger charge is -2.45. The fourth-order valence-corrected chi connectivity index (χ4v) is 7.16. The summed E-state index contributed by atoms with van der Waals surface area (Å²) in [4.78, 5) is 42.7. The van der Waals surface area contributed by atoms with Gasteiger partial charge in [0.1, 0.15) is 18.0 Å². The van der Waals surface area contributed by atoms with Crippen molar-refractivity contribution in [3.8, 4) is 5.75 Å². The van der Waals surface area contributed by atoms with Crippen LogP contribution in [0, 0.1) is 23.1 Å². The molecule has 0 bridgehead atoms. The number of carbonyl (C=O) groups is 3. The van der Waals surface area contributed by atoms with Crippen LogP contribution in [0.3, 0.4) is 0 Å². The molecule has 10 nitrogen and oxygen atoms in total. The maximum absolute atomic E-state index is 15.7. The fraction of sp³-hybridized carbons (Fsp3) is 0.621. The van der Waals surface area contributed by atoms with Crippen LogP contribution in [0.2, 0.25) is 5.02 Å². The predicted octanol–water partition coefficient (Wildman–Crippen LogP) is 4.70. The number of aryl methyl sites for hydroxylation is 1. The Hall–Kier alpha value is -3.35. The van der Waals surface area contributed by atoms with Gasteiger partial charge >= 0.3 is 5.97 Å². The molecule has 1 aromatic carbocycles. The Balaban J connectivity index is 1.58. The molecule has 1 saturated carbocycles. The van der Waals surface area contributed by atoms with Crippen molar-refractivity contribution in [2.24, 2.45) is 24.3 Å². The van der Waals surface area contributed by atoms with Crippen LogP contribution in [0.15, 0.2) is 6.07 Å². The molecule has 1 aromatic heterocycles. The van der Waals surface area contributed by atoms with Crippen LogP contribution in [-0.2, 0) is 34.5 Å². The number of aromatic nitrogens is 3. The van der Waals surface area contributed by atoms with E-state index < -0.39 is 47.9 Å². The third-order valence-electron chi connectivity index (χ3n) is 9.22. The first-order valence-electron chi connectivity index (χ1n) is 14.4. The molecule has 2 fully saturated rings. The number of amides is 2. The van der Waals surface area contributed by atoms with Crippen LogP contribution < -0.4 is 4.74 Å². The molecule has 3 aliphatic rings. The zero-order valence-corrected chi connectivity index (χ0v) is 25.0. The van der Waals surface area contributed by atoms with Gasteiger partial charge in [0, 0.05) is 43.7 Å². The number of halogens is 4. The number of likely N-dealkylation sites (tertiary alicyclic amines) is 1. The number of carbonyl (C=O) groups excluding carboxylic acids is 2. The molecule has 4 atom stereocenters. The molecule has 2 aliphatic heterocycles. The summed E-state index contributed by atoms with van der Waals surface area (Å²) >= 11 is 6.52. The minimum absolute atomic E-state index is 0.0159. The Morgan fingerprint density at radius 3 is 2.70 bits per heavy atom. The molecule has 1 N–H and O–H groups in total. The summed E-state index contributed by atoms with van der Waals surface area (Å²) in [6.07, 6.45) is -0.254. The highest BCUT2D eigenvalue weighted by Gasteiger charge is 2.50. The highest BCUT2D eigenvalue weighted by atomic mass is 35.5. The van der Waals surface area contributed by atoms with Crippen LogP contribution in [0.4, 0.5) is 13.2 Å². The van der Waals surface area contributed by atoms with E-state index in [9.17, 15) is 28.3 Å². The van der Waals surface area contributed by atoms with Gasteiger partial charge < -0.3 is 19.6 Å². The van der Waals surface area contributed by atoms with Crippen LogP contribution in [-0.4, -0.2) is 67.3 Å². The van der Waals surface area contributed by atoms with Crippen molar-refractivity contribution in [3.05, 3.63) is 39.4 Å². The quantitative estimate of drug-likeness (QED) is 0.452. The van der Waals surface area contributed by atoms with Crippen molar-refractivity contribution in [2.45, 2.75) is 71.4 Å². The number of nitrogens with zero attached hydrogens (tertiary/aromatic N) is 5. The third kappa shape index (κ3) is 5.67. The molecule has 43 heavy (non-hydrogen) atoms. The van der Waals surface area contributed by atoms with Crippen molar-refractivity contribution >= 4 is 29.4 Å². The first-order chi connectivity index (χ1) is 20.3. The lowest BCUT2D eigenvalue weighted by Crippen LogP contribution is -2.52. The maximum Gasteiger partial charge on any atom is 0.310 e. The molecular formula is C29H35ClF3N5O5. The lowest BCUT2D eigenvalue weighted by atomic mass is 9.66. The van der Waals surface area contributed by atoms with Crippen LogP contribution >= 0.6 is 11.6 Å². The molecule has 14 heteroatoms. The number of rotatable bonds is 8. The van der Waals surface area contributed by atoms with Gasteiger partial charge in [-0.15, -0.1) is 5.10 Å². The van der Waals surface area contributed by atoms with Gasteiger partial charge in [0.25, 0.3) is 6.43 Å². The Labute approximate surface area is 252 Å². The molecule has 234 valence electrons. The summed E-state index contributed by atoms with van der Waals surface area (Å²) in [6, 6.07) is 0.172. The van der Waals surface area contributed by atoms with E-state index in [0.29, 0.717) is 44.2 Å². The first-order valence-corrected chi connectivity index (χ1v) is 14.8. The van der Waals surface area contributed by atoms with Gasteiger partial charge in [-0.25, -0.2) is 17.9 Å². The lowest BCUT2D eigenvalue weighted by molar-refractivity contribution is -0.162. The average molecular weight is 626 g/mol. The third-order valence-corrected chi connectivity index (χ3v) is 9.56. The molecule has 0 radical (unpaired) electrons. The minimum atomic E-state index is -2.90. The molecule has 2 amide bonds. The van der Waals surface area contributed by atoms with Gasteiger partial charge in [0.2, 0.25) is 11.8 Å². The topological polar surface area (TPSA) is 118 Å². The van der Waals surface area contributed by atoms with Crippen molar-refractivity contribution in [1.29, 1.82) is 0 Å². The Morgan fingerprint density at radius 1 is 1.30 bits per heavy atom. The molecule has 5 rings (SSSR count). The molecule has 2 aromatic rings. The fourth-order valence-electron chi connectivity index (χ4n) is 6.87. The normalized spacial score (nSPS) is 25.8. The largest absolute Gasteiger partial charge is 0.484 e. The van der Waals surface area contributed by atoms with Crippen molar-refractivity contribution in [3.63, 3.8) is 0 Å². The number of fused-ring (bicyclic) bond motifs is 1. The Kier molecular flexibility index (Phi) is 8.65. The molecular weight excluding hydrogens is 591 g/mol. The number of hydrogen-bond acceptors (Lipinski definition) is 6. The second-order valence-corrected chi connectivity index (χ2v) is 12.5. The first kappa shape index (κ1) is 31.1. The molecule has 0 spiro atoms. The number of hydrogen-bond donors (Lipinski definition) is 1. The van der Waals surface area contributed by atoms with E-state index in [1.165, 1.54) is 11.9 Å². The van der Waals surface area contributed by atoms with E-state index in [1.54, 1.807) is 11.8 Å². The number of carboxylic acid groups (broad SMARTS) is 1. The van der Waals surface area contributed by atoms with E-state index in [-0.39, 0.29) is 59.3 Å². The number of ether oxygens (including phenoxy) is 1. The summed E-state index contributed by atoms with van der Waals surface area (Å²) in [5, 5.41) is 17.6. The highest BCUT2D eigenvalue weighted by molar-refractivity contribution is 6.31. The number of alkyl halides is 2. The second-order valence-electron chi connectivity index (χ2n) is 12.1. The van der Waals surface area contributed by atoms with E-state index in [1.807, 2.05) is 6.92 Å². The number of benzene rings is 1. The summed E-state index contributed by atoms with van der Waals surface area (Å²) in [5.74, 6) is -3.45. The SMILES string of the molecule is CC1CC(=O)N(C[C@@H]2c3c(c(Cl)cc(F)c3OCc3nnn(C)c3C(F)F)CCN2C(=O)[C@@H]2CCCC[C@]2(C)C(=O)O)C1. The zero-order valence-electron chi connectivity index (χ0n) is 24.3. The average Bonchev–Trinajstić information content (AvgIpc) is 3.48. The van der Waals surface area contributed by atoms with Crippen molar-refractivity contribution in [1.82, 2.24) is 24.8 Å². The zero-order chi connectivity index (χ0) is 31.2. The van der Waals surface area contributed by atoms with Gasteiger partial charge in [0.15, 0.2) is 11.6 Å². The van der Waals surface area contributed by atoms with Crippen LogP contribution in [0.25, 0.3) is 0 Å². The number of aliphatic carboxylic acids is 1. The summed E-state index contributed by atoms with van der Waals surface area (Å²) < 4.78 is 49.8. The molecule has 3 heterocycles. The summed E-state index contributed by atoms with van der Waals surface area (Å²) in [5.41, 5.74) is -1.17. The highest BCUT2D eigenvalue weighted by Crippen LogP contribution is 2.47. The smallest absolute Gasteiger partial charge is 0.310 e. The van der Waals surface area contributed by atoms with Gasteiger partial charge in [-0.1, -0.05) is 36.6 Å². The summed E-state index contributed by atoms with van der Waals surface area (Å²) in [7, 11) is 1.31. The van der Waals surface area contributed by atoms with Gasteiger partial charge in [-0.3, -0.25) is 14.4 Å². The number of carboxylic acids is 1. The molecule has 1 unspecified atom stereocenters. The van der Waals surface area contributed by atoms with Crippen LogP contribution in [0.1, 0.15) is 80.9 Å². The Morgan fingerprint density at radius 2 is 2.05 bits per heavy atom. The van der Waals surface area contributed by atoms with E-state index >= 15 is 4.39 Å². The van der Waals surface area contributed by atoms with E-state index in [4.69, 9.17) is 16.3 Å². The monoisotopic (exact) mass is 625 g/mol. The Bertz CT molecular complexity index is 1440. The standard InChI is InChI=1S/C29H35ClF3N5O5/c1-15-10-22(39)37(12-15)13-21-23-16(7-9-38(21)27(40)17-6-4-5-8-29(17,2)28(41)42)18(30)11-19(31)25(23)43-14-20-24(26(32)33)36(3)35-34-20/h11,15,17,21,26H,4-10,12-14H2,1-3H3,(H,41,42)/t15?,17-,21+,29-/m0/s1. The van der Waals surface area contributed by atoms with E-state index in [2.05, 4.69) is 10.3 Å².